The fraction of sp³-hybridized carbons (Fsp3) is 0.0588. The minimum atomic E-state index is -0.388. The summed E-state index contributed by atoms with van der Waals surface area (Å²) < 4.78 is 5.82. The second-order valence-corrected chi connectivity index (χ2v) is 6.19. The van der Waals surface area contributed by atoms with Gasteiger partial charge in [0.15, 0.2) is 0 Å². The molecule has 1 aliphatic rings. The first kappa shape index (κ1) is 15.6. The number of benzene rings is 2. The molecular formula is C17H12ClNO3S. The number of rotatable bonds is 4. The molecule has 2 aromatic carbocycles. The lowest BCUT2D eigenvalue weighted by Crippen LogP contribution is -2.17. The van der Waals surface area contributed by atoms with Crippen LogP contribution < -0.4 is 10.1 Å². The van der Waals surface area contributed by atoms with E-state index in [2.05, 4.69) is 5.32 Å². The summed E-state index contributed by atoms with van der Waals surface area (Å²) in [6.45, 7) is 0.318. The van der Waals surface area contributed by atoms with Crippen molar-refractivity contribution >= 4 is 40.6 Å². The Hall–Kier alpha value is -2.24. The number of ether oxygens (including phenoxy) is 1. The molecule has 0 unspecified atom stereocenters. The molecule has 1 heterocycles. The van der Waals surface area contributed by atoms with Crippen molar-refractivity contribution in [2.24, 2.45) is 0 Å². The molecular weight excluding hydrogens is 334 g/mol. The van der Waals surface area contributed by atoms with Gasteiger partial charge in [0.05, 0.1) is 4.91 Å². The van der Waals surface area contributed by atoms with E-state index < -0.39 is 0 Å². The van der Waals surface area contributed by atoms with Gasteiger partial charge in [0.25, 0.3) is 11.1 Å². The van der Waals surface area contributed by atoms with Crippen molar-refractivity contribution in [3.05, 3.63) is 69.6 Å². The Kier molecular flexibility index (Phi) is 4.69. The predicted octanol–water partition coefficient (Wildman–Crippen LogP) is 4.24. The Bertz CT molecular complexity index is 804. The predicted molar refractivity (Wildman–Crippen MR) is 91.3 cm³/mol. The second-order valence-electron chi connectivity index (χ2n) is 4.77. The van der Waals surface area contributed by atoms with Crippen LogP contribution in [0.25, 0.3) is 6.08 Å². The zero-order chi connectivity index (χ0) is 16.2. The van der Waals surface area contributed by atoms with Gasteiger partial charge in [-0.1, -0.05) is 48.0 Å². The lowest BCUT2D eigenvalue weighted by atomic mass is 10.2. The maximum atomic E-state index is 11.6. The van der Waals surface area contributed by atoms with Gasteiger partial charge in [0, 0.05) is 16.1 Å². The molecule has 1 saturated heterocycles. The first-order valence-electron chi connectivity index (χ1n) is 6.83. The SMILES string of the molecule is O=C1NC(=O)/C(=C\c2ccccc2OCc2ccccc2Cl)S1. The third-order valence-electron chi connectivity index (χ3n) is 3.19. The molecule has 1 fully saturated rings. The fourth-order valence-corrected chi connectivity index (χ4v) is 2.93. The first-order chi connectivity index (χ1) is 11.1. The van der Waals surface area contributed by atoms with E-state index in [9.17, 15) is 9.59 Å². The summed E-state index contributed by atoms with van der Waals surface area (Å²) in [4.78, 5) is 23.2. The number of imide groups is 1. The lowest BCUT2D eigenvalue weighted by molar-refractivity contribution is -0.115. The summed E-state index contributed by atoms with van der Waals surface area (Å²) in [6.07, 6.45) is 1.65. The Morgan fingerprint density at radius 3 is 2.57 bits per heavy atom. The van der Waals surface area contributed by atoms with E-state index in [0.717, 1.165) is 22.9 Å². The average Bonchev–Trinajstić information content (AvgIpc) is 2.85. The van der Waals surface area contributed by atoms with Gasteiger partial charge in [-0.2, -0.15) is 0 Å². The van der Waals surface area contributed by atoms with E-state index in [1.165, 1.54) is 0 Å². The van der Waals surface area contributed by atoms with Crippen LogP contribution in [0.15, 0.2) is 53.4 Å². The van der Waals surface area contributed by atoms with Gasteiger partial charge in [0.1, 0.15) is 12.4 Å². The van der Waals surface area contributed by atoms with Crippen LogP contribution in [0.3, 0.4) is 0 Å². The number of hydrogen-bond acceptors (Lipinski definition) is 4. The van der Waals surface area contributed by atoms with Gasteiger partial charge in [-0.05, 0) is 30.0 Å². The number of halogens is 1. The highest BCUT2D eigenvalue weighted by molar-refractivity contribution is 8.18. The molecule has 2 aromatic rings. The van der Waals surface area contributed by atoms with Gasteiger partial charge in [-0.15, -0.1) is 0 Å². The number of nitrogens with one attached hydrogen (secondary N) is 1. The van der Waals surface area contributed by atoms with Crippen molar-refractivity contribution in [1.82, 2.24) is 5.32 Å². The Morgan fingerprint density at radius 1 is 1.09 bits per heavy atom. The smallest absolute Gasteiger partial charge is 0.290 e. The molecule has 1 aliphatic heterocycles. The van der Waals surface area contributed by atoms with Gasteiger partial charge in [-0.25, -0.2) is 0 Å². The standard InChI is InChI=1S/C17H12ClNO3S/c18-13-7-3-1-6-12(13)10-22-14-8-4-2-5-11(14)9-15-16(20)19-17(21)23-15/h1-9H,10H2,(H,19,20,21)/b15-9+. The average molecular weight is 346 g/mol. The number of carbonyl (C=O) groups excluding carboxylic acids is 2. The van der Waals surface area contributed by atoms with Crippen molar-refractivity contribution in [3.8, 4) is 5.75 Å². The Labute approximate surface area is 142 Å². The molecule has 0 atom stereocenters. The van der Waals surface area contributed by atoms with Gasteiger partial charge < -0.3 is 4.74 Å². The van der Waals surface area contributed by atoms with E-state index >= 15 is 0 Å². The fourth-order valence-electron chi connectivity index (χ4n) is 2.06. The van der Waals surface area contributed by atoms with E-state index in [1.807, 2.05) is 42.5 Å². The highest BCUT2D eigenvalue weighted by atomic mass is 35.5. The molecule has 0 aliphatic carbocycles. The molecule has 0 aromatic heterocycles. The van der Waals surface area contributed by atoms with E-state index in [-0.39, 0.29) is 11.1 Å². The highest BCUT2D eigenvalue weighted by Crippen LogP contribution is 2.29. The van der Waals surface area contributed by atoms with Crippen LogP contribution >= 0.6 is 23.4 Å². The molecule has 0 bridgehead atoms. The number of thioether (sulfide) groups is 1. The van der Waals surface area contributed by atoms with Crippen LogP contribution in [0.1, 0.15) is 11.1 Å². The monoisotopic (exact) mass is 345 g/mol. The minimum absolute atomic E-state index is 0.318. The molecule has 6 heteroatoms. The number of para-hydroxylation sites is 1. The van der Waals surface area contributed by atoms with Crippen LogP contribution in [0, 0.1) is 0 Å². The first-order valence-corrected chi connectivity index (χ1v) is 8.03. The molecule has 3 rings (SSSR count). The van der Waals surface area contributed by atoms with Gasteiger partial charge >= 0.3 is 0 Å². The van der Waals surface area contributed by atoms with E-state index in [4.69, 9.17) is 16.3 Å². The molecule has 1 N–H and O–H groups in total. The maximum absolute atomic E-state index is 11.6. The van der Waals surface area contributed by atoms with Crippen molar-refractivity contribution in [2.75, 3.05) is 0 Å². The van der Waals surface area contributed by atoms with Crippen LogP contribution in [-0.2, 0) is 11.4 Å². The van der Waals surface area contributed by atoms with Crippen molar-refractivity contribution in [1.29, 1.82) is 0 Å². The zero-order valence-corrected chi connectivity index (χ0v) is 13.5. The second kappa shape index (κ2) is 6.89. The summed E-state index contributed by atoms with van der Waals surface area (Å²) in [7, 11) is 0. The maximum Gasteiger partial charge on any atom is 0.290 e. The third kappa shape index (κ3) is 3.75. The lowest BCUT2D eigenvalue weighted by Gasteiger charge is -2.10. The summed E-state index contributed by atoms with van der Waals surface area (Å²) in [5.74, 6) is 0.230. The summed E-state index contributed by atoms with van der Waals surface area (Å²) in [6, 6.07) is 14.8. The third-order valence-corrected chi connectivity index (χ3v) is 4.37. The molecule has 116 valence electrons. The van der Waals surface area contributed by atoms with Crippen molar-refractivity contribution < 1.29 is 14.3 Å². The van der Waals surface area contributed by atoms with Crippen LogP contribution in [0.4, 0.5) is 4.79 Å². The van der Waals surface area contributed by atoms with Gasteiger partial charge in [-0.3, -0.25) is 14.9 Å². The Morgan fingerprint density at radius 2 is 1.83 bits per heavy atom. The topological polar surface area (TPSA) is 55.4 Å². The van der Waals surface area contributed by atoms with E-state index in [1.54, 1.807) is 12.1 Å². The zero-order valence-electron chi connectivity index (χ0n) is 11.9. The van der Waals surface area contributed by atoms with Crippen molar-refractivity contribution in [3.63, 3.8) is 0 Å². The van der Waals surface area contributed by atoms with E-state index in [0.29, 0.717) is 22.3 Å². The number of hydrogen-bond donors (Lipinski definition) is 1. The highest BCUT2D eigenvalue weighted by Gasteiger charge is 2.25. The molecule has 2 amide bonds. The molecule has 4 nitrogen and oxygen atoms in total. The normalized spacial score (nSPS) is 15.8. The van der Waals surface area contributed by atoms with Gasteiger partial charge in [0.2, 0.25) is 0 Å². The minimum Gasteiger partial charge on any atom is -0.488 e. The number of amides is 2. The Balaban J connectivity index is 1.81. The quantitative estimate of drug-likeness (QED) is 0.842. The molecule has 23 heavy (non-hydrogen) atoms. The van der Waals surface area contributed by atoms with Crippen LogP contribution in [0.2, 0.25) is 5.02 Å². The summed E-state index contributed by atoms with van der Waals surface area (Å²) >= 11 is 7.00. The summed E-state index contributed by atoms with van der Waals surface area (Å²) in [5, 5.41) is 2.50. The largest absolute Gasteiger partial charge is 0.488 e. The number of carbonyl (C=O) groups is 2. The van der Waals surface area contributed by atoms with Crippen LogP contribution in [0.5, 0.6) is 5.75 Å². The molecule has 0 spiro atoms. The van der Waals surface area contributed by atoms with Crippen molar-refractivity contribution in [2.45, 2.75) is 6.61 Å². The van der Waals surface area contributed by atoms with Crippen LogP contribution in [-0.4, -0.2) is 11.1 Å². The molecule has 0 saturated carbocycles. The molecule has 0 radical (unpaired) electrons. The summed E-state index contributed by atoms with van der Waals surface area (Å²) in [5.41, 5.74) is 1.60.